The predicted molar refractivity (Wildman–Crippen MR) is 107 cm³/mol. The second kappa shape index (κ2) is 10.9. The summed E-state index contributed by atoms with van der Waals surface area (Å²) in [6.45, 7) is 3.25. The van der Waals surface area contributed by atoms with Crippen LogP contribution < -0.4 is 10.6 Å². The highest BCUT2D eigenvalue weighted by atomic mass is 16.3. The van der Waals surface area contributed by atoms with Crippen LogP contribution in [0.2, 0.25) is 0 Å². The fraction of sp³-hybridized carbons (Fsp3) is 0.600. The van der Waals surface area contributed by atoms with Crippen molar-refractivity contribution in [3.63, 3.8) is 0 Å². The Morgan fingerprint density at radius 1 is 1.26 bits per heavy atom. The van der Waals surface area contributed by atoms with Crippen LogP contribution in [0.15, 0.2) is 24.3 Å². The van der Waals surface area contributed by atoms with Crippen molar-refractivity contribution in [2.75, 3.05) is 45.6 Å². The fourth-order valence-corrected chi connectivity index (χ4v) is 3.14. The Kier molecular flexibility index (Phi) is 8.54. The number of hydrogen-bond acceptors (Lipinski definition) is 4. The van der Waals surface area contributed by atoms with E-state index in [0.717, 1.165) is 50.1 Å². The first-order valence-corrected chi connectivity index (χ1v) is 9.68. The molecule has 1 aromatic carbocycles. The van der Waals surface area contributed by atoms with Gasteiger partial charge in [0.05, 0.1) is 6.10 Å². The van der Waals surface area contributed by atoms with Crippen LogP contribution >= 0.6 is 0 Å². The van der Waals surface area contributed by atoms with Gasteiger partial charge in [0.25, 0.3) is 0 Å². The lowest BCUT2D eigenvalue weighted by molar-refractivity contribution is -0.128. The van der Waals surface area contributed by atoms with Crippen LogP contribution in [0, 0.1) is 0 Å². The molecule has 7 nitrogen and oxygen atoms in total. The average molecular weight is 377 g/mol. The number of urea groups is 1. The molecule has 1 saturated heterocycles. The van der Waals surface area contributed by atoms with E-state index < -0.39 is 0 Å². The third kappa shape index (κ3) is 7.97. The fourth-order valence-electron chi connectivity index (χ4n) is 3.14. The van der Waals surface area contributed by atoms with Crippen LogP contribution in [0.4, 0.5) is 10.5 Å². The van der Waals surface area contributed by atoms with E-state index in [9.17, 15) is 14.7 Å². The van der Waals surface area contributed by atoms with Crippen LogP contribution in [0.1, 0.15) is 31.2 Å². The number of piperidine rings is 1. The molecule has 0 spiro atoms. The van der Waals surface area contributed by atoms with E-state index in [1.807, 2.05) is 24.3 Å². The summed E-state index contributed by atoms with van der Waals surface area (Å²) < 4.78 is 0. The minimum absolute atomic E-state index is 0.107. The summed E-state index contributed by atoms with van der Waals surface area (Å²) in [7, 11) is 3.51. The zero-order valence-electron chi connectivity index (χ0n) is 16.4. The molecule has 0 aromatic heterocycles. The Labute approximate surface area is 161 Å². The van der Waals surface area contributed by atoms with Gasteiger partial charge in [-0.05, 0) is 56.5 Å². The molecule has 7 heteroatoms. The zero-order valence-corrected chi connectivity index (χ0v) is 16.4. The molecule has 1 heterocycles. The van der Waals surface area contributed by atoms with Gasteiger partial charge in [-0.25, -0.2) is 4.79 Å². The minimum atomic E-state index is -0.218. The van der Waals surface area contributed by atoms with Gasteiger partial charge in [0.2, 0.25) is 5.91 Å². The summed E-state index contributed by atoms with van der Waals surface area (Å²) in [5.41, 5.74) is 1.80. The molecular weight excluding hydrogens is 344 g/mol. The van der Waals surface area contributed by atoms with E-state index in [0.29, 0.717) is 19.4 Å². The monoisotopic (exact) mass is 376 g/mol. The van der Waals surface area contributed by atoms with Gasteiger partial charge in [0, 0.05) is 39.3 Å². The lowest BCUT2D eigenvalue weighted by Gasteiger charge is -2.29. The molecular formula is C20H32N4O3. The number of aliphatic hydroxyl groups excluding tert-OH is 1. The highest BCUT2D eigenvalue weighted by Crippen LogP contribution is 2.12. The molecule has 1 atom stereocenters. The summed E-state index contributed by atoms with van der Waals surface area (Å²) in [5.74, 6) is 0.107. The Bertz CT molecular complexity index is 604. The normalized spacial score (nSPS) is 17.4. The predicted octanol–water partition coefficient (Wildman–Crippen LogP) is 1.68. The number of carbonyl (C=O) groups is 2. The molecule has 0 unspecified atom stereocenters. The number of carbonyl (C=O) groups excluding carboxylic acids is 2. The summed E-state index contributed by atoms with van der Waals surface area (Å²) in [6, 6.07) is 7.35. The highest BCUT2D eigenvalue weighted by Gasteiger charge is 2.16. The quantitative estimate of drug-likeness (QED) is 0.603. The molecule has 27 heavy (non-hydrogen) atoms. The average Bonchev–Trinajstić information content (AvgIpc) is 2.64. The Hall–Kier alpha value is -2.12. The van der Waals surface area contributed by atoms with Crippen molar-refractivity contribution in [1.29, 1.82) is 0 Å². The second-order valence-corrected chi connectivity index (χ2v) is 7.32. The van der Waals surface area contributed by atoms with E-state index in [1.165, 1.54) is 0 Å². The van der Waals surface area contributed by atoms with Gasteiger partial charge >= 0.3 is 6.03 Å². The van der Waals surface area contributed by atoms with Gasteiger partial charge < -0.3 is 25.5 Å². The first-order valence-electron chi connectivity index (χ1n) is 9.68. The number of nitrogens with one attached hydrogen (secondary N) is 2. The maximum Gasteiger partial charge on any atom is 0.319 e. The number of likely N-dealkylation sites (tertiary alicyclic amines) is 1. The number of hydrogen-bond donors (Lipinski definition) is 3. The largest absolute Gasteiger partial charge is 0.392 e. The maximum absolute atomic E-state index is 12.0. The molecule has 3 N–H and O–H groups in total. The maximum atomic E-state index is 12.0. The van der Waals surface area contributed by atoms with Crippen LogP contribution in [0.5, 0.6) is 0 Å². The summed E-state index contributed by atoms with van der Waals surface area (Å²) in [4.78, 5) is 27.4. The number of aryl methyl sites for hydroxylation is 1. The van der Waals surface area contributed by atoms with E-state index in [4.69, 9.17) is 0 Å². The molecule has 0 saturated carbocycles. The van der Waals surface area contributed by atoms with Gasteiger partial charge in [0.1, 0.15) is 0 Å². The number of nitrogens with zero attached hydrogens (tertiary/aromatic N) is 2. The van der Waals surface area contributed by atoms with Gasteiger partial charge in [-0.3, -0.25) is 4.79 Å². The molecule has 150 valence electrons. The van der Waals surface area contributed by atoms with Gasteiger partial charge in [0.15, 0.2) is 0 Å². The molecule has 0 bridgehead atoms. The Morgan fingerprint density at radius 2 is 2.00 bits per heavy atom. The summed E-state index contributed by atoms with van der Waals surface area (Å²) >= 11 is 0. The van der Waals surface area contributed by atoms with Crippen molar-refractivity contribution in [3.8, 4) is 0 Å². The van der Waals surface area contributed by atoms with Crippen molar-refractivity contribution >= 4 is 17.6 Å². The molecule has 1 aliphatic heterocycles. The molecule has 0 radical (unpaired) electrons. The lowest BCUT2D eigenvalue weighted by Crippen LogP contribution is -2.40. The third-order valence-electron chi connectivity index (χ3n) is 4.76. The minimum Gasteiger partial charge on any atom is -0.392 e. The van der Waals surface area contributed by atoms with Gasteiger partial charge in [-0.2, -0.15) is 0 Å². The molecule has 3 amide bonds. The molecule has 1 aromatic rings. The van der Waals surface area contributed by atoms with Crippen LogP contribution in [-0.2, 0) is 11.2 Å². The SMILES string of the molecule is CN(C)C(=O)CCc1ccc(NC(=O)NCCCN2CCC[C@H](O)C2)cc1. The third-order valence-corrected chi connectivity index (χ3v) is 4.76. The highest BCUT2D eigenvalue weighted by molar-refractivity contribution is 5.89. The number of anilines is 1. The van der Waals surface area contributed by atoms with Crippen molar-refractivity contribution in [2.24, 2.45) is 0 Å². The van der Waals surface area contributed by atoms with E-state index in [2.05, 4.69) is 15.5 Å². The van der Waals surface area contributed by atoms with Gasteiger partial charge in [-0.15, -0.1) is 0 Å². The van der Waals surface area contributed by atoms with E-state index in [1.54, 1.807) is 19.0 Å². The number of aliphatic hydroxyl groups is 1. The second-order valence-electron chi connectivity index (χ2n) is 7.32. The standard InChI is InChI=1S/C20H32N4O3/c1-23(2)19(26)11-8-16-6-9-17(10-7-16)22-20(27)21-12-4-14-24-13-3-5-18(25)15-24/h6-7,9-10,18,25H,3-5,8,11-15H2,1-2H3,(H2,21,22,27)/t18-/m0/s1. The van der Waals surface area contributed by atoms with E-state index >= 15 is 0 Å². The van der Waals surface area contributed by atoms with Crippen molar-refractivity contribution in [2.45, 2.75) is 38.2 Å². The summed E-state index contributed by atoms with van der Waals surface area (Å²) in [6.07, 6.45) is 3.75. The molecule has 1 aliphatic rings. The number of β-amino-alcohol motifs (C(OH)–C–C–N with tert-alkyl or cyclic N) is 1. The first-order chi connectivity index (χ1) is 12.9. The number of rotatable bonds is 8. The Balaban J connectivity index is 1.63. The van der Waals surface area contributed by atoms with Crippen molar-refractivity contribution in [1.82, 2.24) is 15.1 Å². The molecule has 0 aliphatic carbocycles. The van der Waals surface area contributed by atoms with E-state index in [-0.39, 0.29) is 18.0 Å². The topological polar surface area (TPSA) is 84.9 Å². The zero-order chi connectivity index (χ0) is 19.6. The lowest BCUT2D eigenvalue weighted by atomic mass is 10.1. The smallest absolute Gasteiger partial charge is 0.319 e. The van der Waals surface area contributed by atoms with Gasteiger partial charge in [-0.1, -0.05) is 12.1 Å². The van der Waals surface area contributed by atoms with Crippen LogP contribution in [0.3, 0.4) is 0 Å². The van der Waals surface area contributed by atoms with Crippen molar-refractivity contribution in [3.05, 3.63) is 29.8 Å². The van der Waals surface area contributed by atoms with Crippen molar-refractivity contribution < 1.29 is 14.7 Å². The first kappa shape index (κ1) is 21.2. The number of amides is 3. The van der Waals surface area contributed by atoms with Crippen LogP contribution in [0.25, 0.3) is 0 Å². The molecule has 1 fully saturated rings. The van der Waals surface area contributed by atoms with Crippen LogP contribution in [-0.4, -0.2) is 73.2 Å². The Morgan fingerprint density at radius 3 is 2.67 bits per heavy atom. The number of benzene rings is 1. The molecule has 2 rings (SSSR count). The summed E-state index contributed by atoms with van der Waals surface area (Å²) in [5, 5.41) is 15.3.